The van der Waals surface area contributed by atoms with Crippen molar-refractivity contribution in [1.29, 1.82) is 0 Å². The molecule has 7 fully saturated rings. The first-order valence-corrected chi connectivity index (χ1v) is 19.8. The lowest BCUT2D eigenvalue weighted by molar-refractivity contribution is -0.369. The van der Waals surface area contributed by atoms with Gasteiger partial charge in [0.2, 0.25) is 0 Å². The zero-order chi connectivity index (χ0) is 36.2. The SMILES string of the molecule is C[C@@H]1CC[C@@]2(OC1)O[C@H]1C[C@@H]3[C@@H]4CC=C5C[C@@H](O[C@@H]6O[C@H](CO)[C@@H](O)[C@H](O)[C@H]6O[C@@H]6O[C@@H](C)[C@H](O)[C@@H](O)[C@H]6O)CC[C@]5(C)[C@H]4CC[C@]3(C)[C@H]1[C@@H]2C. The summed E-state index contributed by atoms with van der Waals surface area (Å²) in [7, 11) is 0. The molecule has 0 unspecified atom stereocenters. The summed E-state index contributed by atoms with van der Waals surface area (Å²) in [4.78, 5) is 0. The van der Waals surface area contributed by atoms with E-state index in [0.717, 1.165) is 38.7 Å². The van der Waals surface area contributed by atoms with E-state index in [-0.39, 0.29) is 23.0 Å². The number of aliphatic hydroxyl groups is 6. The maximum atomic E-state index is 11.1. The lowest BCUT2D eigenvalue weighted by atomic mass is 9.47. The second-order valence-electron chi connectivity index (χ2n) is 18.3. The summed E-state index contributed by atoms with van der Waals surface area (Å²) in [5, 5.41) is 62.9. The molecular formula is C39H62O12. The Bertz CT molecular complexity index is 1300. The minimum atomic E-state index is -1.61. The number of hydrogen-bond donors (Lipinski definition) is 6. The predicted octanol–water partition coefficient (Wildman–Crippen LogP) is 2.39. The smallest absolute Gasteiger partial charge is 0.187 e. The molecule has 8 aliphatic rings. The van der Waals surface area contributed by atoms with Crippen LogP contribution in [-0.2, 0) is 28.4 Å². The third-order valence-corrected chi connectivity index (χ3v) is 15.6. The van der Waals surface area contributed by atoms with E-state index in [4.69, 9.17) is 28.4 Å². The highest BCUT2D eigenvalue weighted by Crippen LogP contribution is 2.70. The molecule has 4 heterocycles. The lowest BCUT2D eigenvalue weighted by Crippen LogP contribution is -2.64. The summed E-state index contributed by atoms with van der Waals surface area (Å²) in [6, 6.07) is 0. The minimum Gasteiger partial charge on any atom is -0.394 e. The van der Waals surface area contributed by atoms with Gasteiger partial charge < -0.3 is 59.1 Å². The van der Waals surface area contributed by atoms with E-state index in [2.05, 4.69) is 33.8 Å². The Morgan fingerprint density at radius 2 is 1.61 bits per heavy atom. The summed E-state index contributed by atoms with van der Waals surface area (Å²) in [6.45, 7) is 11.5. The molecule has 21 atom stereocenters. The van der Waals surface area contributed by atoms with Crippen molar-refractivity contribution >= 4 is 0 Å². The zero-order valence-electron chi connectivity index (χ0n) is 30.9. The molecule has 290 valence electrons. The first kappa shape index (κ1) is 37.2. The van der Waals surface area contributed by atoms with Crippen LogP contribution in [0.1, 0.15) is 92.4 Å². The monoisotopic (exact) mass is 722 g/mol. The summed E-state index contributed by atoms with van der Waals surface area (Å²) in [6.07, 6.45) is -1.68. The van der Waals surface area contributed by atoms with Gasteiger partial charge in [-0.25, -0.2) is 0 Å². The molecule has 4 saturated heterocycles. The van der Waals surface area contributed by atoms with Crippen LogP contribution in [0.5, 0.6) is 0 Å². The van der Waals surface area contributed by atoms with Crippen LogP contribution in [0.15, 0.2) is 11.6 Å². The maximum Gasteiger partial charge on any atom is 0.187 e. The number of aliphatic hydroxyl groups excluding tert-OH is 6. The van der Waals surface area contributed by atoms with E-state index >= 15 is 0 Å². The van der Waals surface area contributed by atoms with Crippen molar-refractivity contribution < 1.29 is 59.1 Å². The summed E-state index contributed by atoms with van der Waals surface area (Å²) in [5.74, 6) is 2.92. The molecule has 6 N–H and O–H groups in total. The van der Waals surface area contributed by atoms with Crippen LogP contribution in [-0.4, -0.2) is 123 Å². The quantitative estimate of drug-likeness (QED) is 0.229. The molecule has 0 aromatic heterocycles. The molecule has 0 amide bonds. The Kier molecular flexibility index (Phi) is 9.83. The van der Waals surface area contributed by atoms with Gasteiger partial charge in [0.1, 0.15) is 42.7 Å². The molecule has 0 bridgehead atoms. The van der Waals surface area contributed by atoms with Gasteiger partial charge in [0, 0.05) is 12.3 Å². The number of rotatable bonds is 5. The highest BCUT2D eigenvalue weighted by molar-refractivity contribution is 5.26. The van der Waals surface area contributed by atoms with Crippen LogP contribution in [0.2, 0.25) is 0 Å². The number of ether oxygens (including phenoxy) is 6. The van der Waals surface area contributed by atoms with Crippen LogP contribution in [0.25, 0.3) is 0 Å². The normalized spacial score (nSPS) is 58.4. The second-order valence-corrected chi connectivity index (χ2v) is 18.3. The summed E-state index contributed by atoms with van der Waals surface area (Å²) < 4.78 is 37.6. The minimum absolute atomic E-state index is 0.0535. The highest BCUT2D eigenvalue weighted by atomic mass is 16.8. The van der Waals surface area contributed by atoms with Crippen molar-refractivity contribution in [3.63, 3.8) is 0 Å². The Morgan fingerprint density at radius 1 is 0.824 bits per heavy atom. The van der Waals surface area contributed by atoms with Crippen LogP contribution in [0.3, 0.4) is 0 Å². The van der Waals surface area contributed by atoms with Crippen molar-refractivity contribution in [2.24, 2.45) is 46.3 Å². The van der Waals surface area contributed by atoms with Gasteiger partial charge in [-0.2, -0.15) is 0 Å². The van der Waals surface area contributed by atoms with Crippen molar-refractivity contribution in [3.8, 4) is 0 Å². The van der Waals surface area contributed by atoms with Crippen molar-refractivity contribution in [3.05, 3.63) is 11.6 Å². The maximum absolute atomic E-state index is 11.1. The zero-order valence-corrected chi connectivity index (χ0v) is 30.9. The van der Waals surface area contributed by atoms with Crippen molar-refractivity contribution in [1.82, 2.24) is 0 Å². The third-order valence-electron chi connectivity index (χ3n) is 15.6. The Balaban J connectivity index is 0.964. The van der Waals surface area contributed by atoms with Gasteiger partial charge in [-0.3, -0.25) is 0 Å². The number of fused-ring (bicyclic) bond motifs is 7. The molecule has 12 heteroatoms. The molecule has 1 spiro atoms. The van der Waals surface area contributed by atoms with E-state index in [0.29, 0.717) is 41.9 Å². The second kappa shape index (κ2) is 13.5. The fourth-order valence-electron chi connectivity index (χ4n) is 12.5. The molecule has 4 aliphatic carbocycles. The van der Waals surface area contributed by atoms with Crippen LogP contribution < -0.4 is 0 Å². The van der Waals surface area contributed by atoms with Crippen LogP contribution in [0.4, 0.5) is 0 Å². The predicted molar refractivity (Wildman–Crippen MR) is 182 cm³/mol. The first-order chi connectivity index (χ1) is 24.2. The van der Waals surface area contributed by atoms with Gasteiger partial charge in [0.25, 0.3) is 0 Å². The molecular weight excluding hydrogens is 660 g/mol. The molecule has 4 aliphatic heterocycles. The van der Waals surface area contributed by atoms with E-state index in [9.17, 15) is 30.6 Å². The highest BCUT2D eigenvalue weighted by Gasteiger charge is 2.68. The van der Waals surface area contributed by atoms with Crippen LogP contribution >= 0.6 is 0 Å². The van der Waals surface area contributed by atoms with E-state index in [1.807, 2.05) is 0 Å². The van der Waals surface area contributed by atoms with Gasteiger partial charge in [-0.05, 0) is 98.7 Å². The van der Waals surface area contributed by atoms with Gasteiger partial charge in [0.05, 0.1) is 31.5 Å². The summed E-state index contributed by atoms with van der Waals surface area (Å²) >= 11 is 0. The molecule has 8 rings (SSSR count). The van der Waals surface area contributed by atoms with Crippen molar-refractivity contribution in [2.45, 2.75) is 172 Å². The number of allylic oxidation sites excluding steroid dienone is 1. The lowest BCUT2D eigenvalue weighted by Gasteiger charge is -2.58. The molecule has 51 heavy (non-hydrogen) atoms. The number of hydrogen-bond acceptors (Lipinski definition) is 12. The average molecular weight is 723 g/mol. The largest absolute Gasteiger partial charge is 0.394 e. The van der Waals surface area contributed by atoms with Gasteiger partial charge in [-0.1, -0.05) is 39.3 Å². The summed E-state index contributed by atoms with van der Waals surface area (Å²) in [5.41, 5.74) is 1.70. The molecule has 3 saturated carbocycles. The Labute approximate surface area is 301 Å². The fourth-order valence-corrected chi connectivity index (χ4v) is 12.5. The van der Waals surface area contributed by atoms with E-state index < -0.39 is 73.8 Å². The first-order valence-electron chi connectivity index (χ1n) is 19.8. The van der Waals surface area contributed by atoms with E-state index in [1.165, 1.54) is 31.8 Å². The topological polar surface area (TPSA) is 177 Å². The van der Waals surface area contributed by atoms with Gasteiger partial charge >= 0.3 is 0 Å². The van der Waals surface area contributed by atoms with Crippen LogP contribution in [0, 0.1) is 46.3 Å². The fraction of sp³-hybridized carbons (Fsp3) is 0.949. The Hall–Kier alpha value is -0.740. The van der Waals surface area contributed by atoms with Gasteiger partial charge in [-0.15, -0.1) is 0 Å². The Morgan fingerprint density at radius 3 is 2.33 bits per heavy atom. The van der Waals surface area contributed by atoms with Gasteiger partial charge in [0.15, 0.2) is 18.4 Å². The third kappa shape index (κ3) is 5.84. The van der Waals surface area contributed by atoms with Crippen molar-refractivity contribution in [2.75, 3.05) is 13.2 Å². The molecule has 0 aromatic rings. The standard InChI is InChI=1S/C39H62O12/c1-18-8-13-39(46-17-18)19(2)28-26(51-39)15-25-23-7-6-21-14-22(9-11-37(21,4)24(23)10-12-38(25,28)5)48-36-34(32(44)30(42)27(16-40)49-36)50-35-33(45)31(43)29(41)20(3)47-35/h6,18-20,22-36,40-45H,7-17H2,1-5H3/t18-,19+,20+,22+,23-,24+,25-,26+,27-,28+,29+,30-,31-,32+,33-,34-,35+,36-,37+,38+,39-/m1/s1. The molecule has 0 radical (unpaired) electrons. The average Bonchev–Trinajstić information content (AvgIpc) is 3.56. The molecule has 0 aromatic carbocycles. The van der Waals surface area contributed by atoms with E-state index in [1.54, 1.807) is 0 Å². The molecule has 12 nitrogen and oxygen atoms in total.